The first-order chi connectivity index (χ1) is 9.80. The molecule has 0 atom stereocenters. The summed E-state index contributed by atoms with van der Waals surface area (Å²) in [7, 11) is 0. The lowest BCUT2D eigenvalue weighted by atomic mass is 9.83. The highest BCUT2D eigenvalue weighted by molar-refractivity contribution is 6.31. The molecule has 0 bridgehead atoms. The van der Waals surface area contributed by atoms with Gasteiger partial charge in [0.15, 0.2) is 0 Å². The normalized spacial score (nSPS) is 11.2. The summed E-state index contributed by atoms with van der Waals surface area (Å²) in [5, 5.41) is 2.71. The van der Waals surface area contributed by atoms with Crippen LogP contribution < -0.4 is 11.1 Å². The summed E-state index contributed by atoms with van der Waals surface area (Å²) in [5.41, 5.74) is 6.82. The summed E-state index contributed by atoms with van der Waals surface area (Å²) >= 11 is 5.71. The van der Waals surface area contributed by atoms with Gasteiger partial charge in [0, 0.05) is 11.4 Å². The lowest BCUT2D eigenvalue weighted by Crippen LogP contribution is -2.34. The van der Waals surface area contributed by atoms with Gasteiger partial charge < -0.3 is 11.1 Å². The molecule has 0 spiro atoms. The molecule has 0 aromatic heterocycles. The van der Waals surface area contributed by atoms with Crippen molar-refractivity contribution < 1.29 is 9.18 Å². The molecule has 0 fully saturated rings. The second-order valence-corrected chi connectivity index (χ2v) is 5.74. The van der Waals surface area contributed by atoms with Crippen LogP contribution in [0.5, 0.6) is 0 Å². The van der Waals surface area contributed by atoms with Crippen LogP contribution in [-0.4, -0.2) is 5.91 Å². The third-order valence-electron chi connectivity index (χ3n) is 3.38. The van der Waals surface area contributed by atoms with Crippen molar-refractivity contribution in [3.05, 3.63) is 58.9 Å². The van der Waals surface area contributed by atoms with E-state index in [1.165, 1.54) is 18.2 Å². The fraction of sp³-hybridized carbons (Fsp3) is 0.188. The summed E-state index contributed by atoms with van der Waals surface area (Å²) in [6.07, 6.45) is 0. The zero-order valence-corrected chi connectivity index (χ0v) is 12.5. The van der Waals surface area contributed by atoms with E-state index in [-0.39, 0.29) is 10.9 Å². The van der Waals surface area contributed by atoms with Gasteiger partial charge in [-0.25, -0.2) is 4.39 Å². The zero-order valence-electron chi connectivity index (χ0n) is 11.8. The molecule has 0 aliphatic carbocycles. The number of benzene rings is 2. The summed E-state index contributed by atoms with van der Waals surface area (Å²) < 4.78 is 13.1. The predicted octanol–water partition coefficient (Wildman–Crippen LogP) is 3.98. The number of nitrogen functional groups attached to an aromatic ring is 1. The number of rotatable bonds is 3. The Morgan fingerprint density at radius 2 is 1.81 bits per heavy atom. The molecule has 110 valence electrons. The summed E-state index contributed by atoms with van der Waals surface area (Å²) in [6.45, 7) is 3.61. The molecular weight excluding hydrogens is 291 g/mol. The largest absolute Gasteiger partial charge is 0.399 e. The number of hydrogen-bond acceptors (Lipinski definition) is 2. The van der Waals surface area contributed by atoms with E-state index in [0.29, 0.717) is 11.4 Å². The summed E-state index contributed by atoms with van der Waals surface area (Å²) in [5.74, 6) is -0.734. The van der Waals surface area contributed by atoms with Crippen LogP contribution in [0.1, 0.15) is 19.4 Å². The van der Waals surface area contributed by atoms with E-state index in [1.807, 2.05) is 12.1 Å². The first-order valence-corrected chi connectivity index (χ1v) is 6.81. The summed E-state index contributed by atoms with van der Waals surface area (Å²) in [6, 6.07) is 11.2. The predicted molar refractivity (Wildman–Crippen MR) is 83.9 cm³/mol. The smallest absolute Gasteiger partial charge is 0.234 e. The second kappa shape index (κ2) is 5.74. The van der Waals surface area contributed by atoms with Crippen molar-refractivity contribution in [2.24, 2.45) is 0 Å². The van der Waals surface area contributed by atoms with Crippen LogP contribution in [0.25, 0.3) is 0 Å². The van der Waals surface area contributed by atoms with Crippen molar-refractivity contribution >= 4 is 28.9 Å². The number of carbonyl (C=O) groups is 1. The Hall–Kier alpha value is -2.07. The first kappa shape index (κ1) is 15.3. The minimum absolute atomic E-state index is 0.0295. The Morgan fingerprint density at radius 3 is 2.38 bits per heavy atom. The quantitative estimate of drug-likeness (QED) is 0.843. The van der Waals surface area contributed by atoms with Gasteiger partial charge in [-0.15, -0.1) is 0 Å². The monoisotopic (exact) mass is 306 g/mol. The maximum absolute atomic E-state index is 13.1. The minimum atomic E-state index is -0.755. The third-order valence-corrected chi connectivity index (χ3v) is 3.67. The van der Waals surface area contributed by atoms with Crippen molar-refractivity contribution in [3.63, 3.8) is 0 Å². The van der Waals surface area contributed by atoms with Crippen LogP contribution in [0.3, 0.4) is 0 Å². The highest BCUT2D eigenvalue weighted by Crippen LogP contribution is 2.27. The maximum Gasteiger partial charge on any atom is 0.234 e. The van der Waals surface area contributed by atoms with Crippen molar-refractivity contribution in [1.82, 2.24) is 0 Å². The average Bonchev–Trinajstić information content (AvgIpc) is 2.43. The molecule has 5 heteroatoms. The second-order valence-electron chi connectivity index (χ2n) is 5.33. The molecule has 0 aliphatic rings. The number of carbonyl (C=O) groups excluding carboxylic acids is 1. The van der Waals surface area contributed by atoms with Gasteiger partial charge in [0.25, 0.3) is 0 Å². The minimum Gasteiger partial charge on any atom is -0.399 e. The number of nitrogens with two attached hydrogens (primary N) is 1. The van der Waals surface area contributed by atoms with Crippen LogP contribution >= 0.6 is 11.6 Å². The van der Waals surface area contributed by atoms with Gasteiger partial charge >= 0.3 is 0 Å². The van der Waals surface area contributed by atoms with E-state index >= 15 is 0 Å². The standard InChI is InChI=1S/C16H16ClFN2O/c1-16(2,10-3-5-11(19)6-4-10)15(21)20-12-7-8-14(18)13(17)9-12/h3-9H,19H2,1-2H3,(H,20,21). The Kier molecular flexibility index (Phi) is 4.19. The van der Waals surface area contributed by atoms with Gasteiger partial charge in [-0.05, 0) is 49.7 Å². The molecule has 2 aromatic rings. The van der Waals surface area contributed by atoms with Crippen molar-refractivity contribution in [2.75, 3.05) is 11.1 Å². The van der Waals surface area contributed by atoms with Gasteiger partial charge in [0.05, 0.1) is 10.4 Å². The van der Waals surface area contributed by atoms with E-state index in [0.717, 1.165) is 5.56 Å². The number of amides is 1. The highest BCUT2D eigenvalue weighted by atomic mass is 35.5. The fourth-order valence-corrected chi connectivity index (χ4v) is 2.07. The van der Waals surface area contributed by atoms with Crippen LogP contribution in [0.2, 0.25) is 5.02 Å². The third kappa shape index (κ3) is 3.34. The van der Waals surface area contributed by atoms with E-state index in [4.69, 9.17) is 17.3 Å². The molecule has 3 N–H and O–H groups in total. The zero-order chi connectivity index (χ0) is 15.6. The summed E-state index contributed by atoms with van der Waals surface area (Å²) in [4.78, 5) is 12.4. The van der Waals surface area contributed by atoms with Gasteiger partial charge in [0.2, 0.25) is 5.91 Å². The van der Waals surface area contributed by atoms with Crippen LogP contribution in [0.15, 0.2) is 42.5 Å². The SMILES string of the molecule is CC(C)(C(=O)Nc1ccc(F)c(Cl)c1)c1ccc(N)cc1. The Balaban J connectivity index is 2.21. The lowest BCUT2D eigenvalue weighted by Gasteiger charge is -2.24. The van der Waals surface area contributed by atoms with Crippen LogP contribution in [0.4, 0.5) is 15.8 Å². The van der Waals surface area contributed by atoms with Gasteiger partial charge in [0.1, 0.15) is 5.82 Å². The molecule has 21 heavy (non-hydrogen) atoms. The van der Waals surface area contributed by atoms with Gasteiger partial charge in [-0.2, -0.15) is 0 Å². The number of nitrogens with one attached hydrogen (secondary N) is 1. The maximum atomic E-state index is 13.1. The topological polar surface area (TPSA) is 55.1 Å². The molecule has 1 amide bonds. The van der Waals surface area contributed by atoms with E-state index in [9.17, 15) is 9.18 Å². The average molecular weight is 307 g/mol. The van der Waals surface area contributed by atoms with Gasteiger partial charge in [-0.3, -0.25) is 4.79 Å². The van der Waals surface area contributed by atoms with Crippen LogP contribution in [0, 0.1) is 5.82 Å². The molecule has 0 unspecified atom stereocenters. The number of hydrogen-bond donors (Lipinski definition) is 2. The molecule has 2 rings (SSSR count). The Morgan fingerprint density at radius 1 is 1.19 bits per heavy atom. The number of anilines is 2. The van der Waals surface area contributed by atoms with Crippen molar-refractivity contribution in [3.8, 4) is 0 Å². The molecule has 2 aromatic carbocycles. The molecule has 0 aliphatic heterocycles. The molecule has 0 heterocycles. The molecule has 0 radical (unpaired) electrons. The molecule has 3 nitrogen and oxygen atoms in total. The van der Waals surface area contributed by atoms with Crippen molar-refractivity contribution in [1.29, 1.82) is 0 Å². The van der Waals surface area contributed by atoms with E-state index in [2.05, 4.69) is 5.32 Å². The first-order valence-electron chi connectivity index (χ1n) is 6.43. The highest BCUT2D eigenvalue weighted by Gasteiger charge is 2.29. The fourth-order valence-electron chi connectivity index (χ4n) is 1.89. The molecule has 0 saturated carbocycles. The Labute approximate surface area is 127 Å². The molecule has 0 saturated heterocycles. The van der Waals surface area contributed by atoms with E-state index in [1.54, 1.807) is 26.0 Å². The van der Waals surface area contributed by atoms with Gasteiger partial charge in [-0.1, -0.05) is 23.7 Å². The van der Waals surface area contributed by atoms with Crippen molar-refractivity contribution in [2.45, 2.75) is 19.3 Å². The van der Waals surface area contributed by atoms with Crippen LogP contribution in [-0.2, 0) is 10.2 Å². The lowest BCUT2D eigenvalue weighted by molar-refractivity contribution is -0.120. The Bertz CT molecular complexity index is 668. The molecular formula is C16H16ClFN2O. The van der Waals surface area contributed by atoms with E-state index < -0.39 is 11.2 Å². The number of halogens is 2.